The minimum atomic E-state index is -4.55. The molecule has 0 amide bonds. The Balaban J connectivity index is 1.87. The van der Waals surface area contributed by atoms with Crippen LogP contribution in [0.1, 0.15) is 10.4 Å². The van der Waals surface area contributed by atoms with Crippen molar-refractivity contribution in [1.29, 1.82) is 0 Å². The summed E-state index contributed by atoms with van der Waals surface area (Å²) >= 11 is 0.391. The smallest absolute Gasteiger partial charge is 0.425 e. The van der Waals surface area contributed by atoms with Gasteiger partial charge in [0.15, 0.2) is 5.82 Å². The second kappa shape index (κ2) is 6.80. The van der Waals surface area contributed by atoms with E-state index in [-0.39, 0.29) is 23.0 Å². The van der Waals surface area contributed by atoms with E-state index >= 15 is 0 Å². The van der Waals surface area contributed by atoms with E-state index in [0.717, 1.165) is 41.8 Å². The first-order valence-corrected chi connectivity index (χ1v) is 7.96. The second-order valence-corrected chi connectivity index (χ2v) is 6.09. The average Bonchev–Trinajstić information content (AvgIpc) is 3.02. The molecule has 0 spiro atoms. The summed E-state index contributed by atoms with van der Waals surface area (Å²) in [6.45, 7) is 0. The largest absolute Gasteiger partial charge is 0.438 e. The molecule has 0 fully saturated rings. The average molecular weight is 408 g/mol. The molecule has 0 aliphatic rings. The van der Waals surface area contributed by atoms with Crippen LogP contribution in [0.2, 0.25) is 0 Å². The van der Waals surface area contributed by atoms with Crippen molar-refractivity contribution in [3.8, 4) is 23.0 Å². The first kappa shape index (κ1) is 19.1. The van der Waals surface area contributed by atoms with Crippen LogP contribution in [0.5, 0.6) is 11.6 Å². The molecule has 0 aliphatic heterocycles. The molecular weight excluding hydrogens is 401 g/mol. The van der Waals surface area contributed by atoms with Crippen LogP contribution in [0.4, 0.5) is 30.7 Å². The van der Waals surface area contributed by atoms with Crippen LogP contribution >= 0.6 is 11.3 Å². The molecular formula is C16H7F7N2OS. The van der Waals surface area contributed by atoms with Crippen LogP contribution in [0, 0.1) is 5.95 Å². The first-order chi connectivity index (χ1) is 12.5. The van der Waals surface area contributed by atoms with Crippen LogP contribution in [-0.4, -0.2) is 9.97 Å². The van der Waals surface area contributed by atoms with Gasteiger partial charge in [-0.05, 0) is 12.1 Å². The predicted molar refractivity (Wildman–Crippen MR) is 81.8 cm³/mol. The summed E-state index contributed by atoms with van der Waals surface area (Å²) in [4.78, 5) is 6.39. The third-order valence-corrected chi connectivity index (χ3v) is 4.17. The number of halogens is 7. The fourth-order valence-corrected chi connectivity index (χ4v) is 2.71. The molecule has 0 atom stereocenters. The zero-order chi connectivity index (χ0) is 19.8. The SMILES string of the molecule is Fc1cc(Oc2csc(C(F)(F)F)c2)nc(-c2ccc(C(F)(F)F)cc2)n1. The Kier molecular flexibility index (Phi) is 4.81. The van der Waals surface area contributed by atoms with Gasteiger partial charge in [0.25, 0.3) is 0 Å². The number of ether oxygens (including phenoxy) is 1. The van der Waals surface area contributed by atoms with Crippen molar-refractivity contribution in [1.82, 2.24) is 9.97 Å². The number of rotatable bonds is 3. The van der Waals surface area contributed by atoms with Crippen molar-refractivity contribution in [2.75, 3.05) is 0 Å². The van der Waals surface area contributed by atoms with Gasteiger partial charge in [-0.2, -0.15) is 40.7 Å². The van der Waals surface area contributed by atoms with Crippen molar-refractivity contribution >= 4 is 11.3 Å². The molecule has 3 rings (SSSR count). The maximum Gasteiger partial charge on any atom is 0.425 e. The molecule has 142 valence electrons. The molecule has 0 bridgehead atoms. The molecule has 27 heavy (non-hydrogen) atoms. The molecule has 3 aromatic rings. The number of aromatic nitrogens is 2. The van der Waals surface area contributed by atoms with Crippen molar-refractivity contribution < 1.29 is 35.5 Å². The van der Waals surface area contributed by atoms with Gasteiger partial charge in [0, 0.05) is 17.0 Å². The fourth-order valence-electron chi connectivity index (χ4n) is 2.03. The van der Waals surface area contributed by atoms with Crippen LogP contribution in [0.15, 0.2) is 41.8 Å². The summed E-state index contributed by atoms with van der Waals surface area (Å²) in [6.07, 6.45) is -9.08. The summed E-state index contributed by atoms with van der Waals surface area (Å²) in [7, 11) is 0. The van der Waals surface area contributed by atoms with E-state index < -0.39 is 28.7 Å². The number of benzene rings is 1. The lowest BCUT2D eigenvalue weighted by atomic mass is 10.1. The van der Waals surface area contributed by atoms with Crippen LogP contribution in [0.25, 0.3) is 11.4 Å². The van der Waals surface area contributed by atoms with Gasteiger partial charge in [-0.1, -0.05) is 12.1 Å². The van der Waals surface area contributed by atoms with E-state index in [4.69, 9.17) is 4.74 Å². The van der Waals surface area contributed by atoms with Crippen molar-refractivity contribution in [3.63, 3.8) is 0 Å². The molecule has 3 nitrogen and oxygen atoms in total. The molecule has 2 aromatic heterocycles. The Morgan fingerprint density at radius 2 is 1.52 bits per heavy atom. The van der Waals surface area contributed by atoms with Gasteiger partial charge in [0.05, 0.1) is 11.6 Å². The Hall–Kier alpha value is -2.69. The number of hydrogen-bond donors (Lipinski definition) is 0. The monoisotopic (exact) mass is 408 g/mol. The highest BCUT2D eigenvalue weighted by molar-refractivity contribution is 7.10. The minimum Gasteiger partial charge on any atom is -0.438 e. The standard InChI is InChI=1S/C16H7F7N2OS/c17-12-6-13(26-10-5-11(27-7-10)16(21,22)23)25-14(24-12)8-1-3-9(4-2-8)15(18,19)20/h1-7H. The molecule has 1 aromatic carbocycles. The highest BCUT2D eigenvalue weighted by atomic mass is 32.1. The molecule has 0 saturated heterocycles. The summed E-state index contributed by atoms with van der Waals surface area (Å²) in [5, 5.41) is 1.07. The van der Waals surface area contributed by atoms with Crippen LogP contribution in [0.3, 0.4) is 0 Å². The van der Waals surface area contributed by atoms with E-state index in [2.05, 4.69) is 9.97 Å². The van der Waals surface area contributed by atoms with E-state index in [1.54, 1.807) is 0 Å². The summed E-state index contributed by atoms with van der Waals surface area (Å²) < 4.78 is 94.4. The van der Waals surface area contributed by atoms with Gasteiger partial charge in [-0.3, -0.25) is 0 Å². The van der Waals surface area contributed by atoms with Gasteiger partial charge >= 0.3 is 12.4 Å². The van der Waals surface area contributed by atoms with Gasteiger partial charge < -0.3 is 4.74 Å². The minimum absolute atomic E-state index is 0.0775. The number of hydrogen-bond acceptors (Lipinski definition) is 4. The third kappa shape index (κ3) is 4.54. The zero-order valence-corrected chi connectivity index (χ0v) is 13.7. The second-order valence-electron chi connectivity index (χ2n) is 5.17. The first-order valence-electron chi connectivity index (χ1n) is 7.08. The number of alkyl halides is 6. The Morgan fingerprint density at radius 1 is 0.852 bits per heavy atom. The lowest BCUT2D eigenvalue weighted by Crippen LogP contribution is -2.04. The zero-order valence-electron chi connectivity index (χ0n) is 12.9. The van der Waals surface area contributed by atoms with Gasteiger partial charge in [-0.25, -0.2) is 0 Å². The topological polar surface area (TPSA) is 35.0 Å². The van der Waals surface area contributed by atoms with E-state index in [9.17, 15) is 30.7 Å². The van der Waals surface area contributed by atoms with E-state index in [1.165, 1.54) is 0 Å². The molecule has 2 heterocycles. The summed E-state index contributed by atoms with van der Waals surface area (Å²) in [6, 6.07) is 5.12. The molecule has 0 saturated carbocycles. The van der Waals surface area contributed by atoms with Gasteiger partial charge in [0.2, 0.25) is 11.8 Å². The van der Waals surface area contributed by atoms with Crippen molar-refractivity contribution in [2.45, 2.75) is 12.4 Å². The van der Waals surface area contributed by atoms with E-state index in [1.807, 2.05) is 0 Å². The van der Waals surface area contributed by atoms with Crippen molar-refractivity contribution in [2.24, 2.45) is 0 Å². The maximum atomic E-state index is 13.7. The Labute approximate surface area is 151 Å². The Morgan fingerprint density at radius 3 is 2.07 bits per heavy atom. The lowest BCUT2D eigenvalue weighted by molar-refractivity contribution is -0.137. The normalized spacial score (nSPS) is 12.3. The molecule has 0 radical (unpaired) electrons. The fraction of sp³-hybridized carbons (Fsp3) is 0.125. The van der Waals surface area contributed by atoms with Crippen molar-refractivity contribution in [3.05, 3.63) is 58.2 Å². The molecule has 0 N–H and O–H groups in total. The Bertz CT molecular complexity index is 949. The van der Waals surface area contributed by atoms with Crippen LogP contribution in [-0.2, 0) is 12.4 Å². The third-order valence-electron chi connectivity index (χ3n) is 3.22. The van der Waals surface area contributed by atoms with Crippen LogP contribution < -0.4 is 4.74 Å². The molecule has 11 heteroatoms. The summed E-state index contributed by atoms with van der Waals surface area (Å²) in [5.74, 6) is -1.92. The number of thiophene rings is 1. The summed E-state index contributed by atoms with van der Waals surface area (Å²) in [5.41, 5.74) is -0.828. The quantitative estimate of drug-likeness (QED) is 0.384. The predicted octanol–water partition coefficient (Wildman–Crippen LogP) is 6.17. The maximum absolute atomic E-state index is 13.7. The molecule has 0 unspecified atom stereocenters. The van der Waals surface area contributed by atoms with E-state index in [0.29, 0.717) is 11.3 Å². The highest BCUT2D eigenvalue weighted by Gasteiger charge is 2.33. The van der Waals surface area contributed by atoms with Gasteiger partial charge in [-0.15, -0.1) is 11.3 Å². The van der Waals surface area contributed by atoms with Gasteiger partial charge in [0.1, 0.15) is 10.6 Å². The number of nitrogens with zero attached hydrogens (tertiary/aromatic N) is 2. The highest BCUT2D eigenvalue weighted by Crippen LogP contribution is 2.38. The lowest BCUT2D eigenvalue weighted by Gasteiger charge is -2.08. The molecule has 0 aliphatic carbocycles.